The summed E-state index contributed by atoms with van der Waals surface area (Å²) < 4.78 is 0. The molecule has 0 spiro atoms. The first-order chi connectivity index (χ1) is 12.1. The van der Waals surface area contributed by atoms with Gasteiger partial charge in [-0.2, -0.15) is 5.10 Å². The molecule has 2 rings (SSSR count). The lowest BCUT2D eigenvalue weighted by Gasteiger charge is -2.04. The average molecular weight is 340 g/mol. The number of nitrogens with zero attached hydrogens (tertiary/aromatic N) is 2. The summed E-state index contributed by atoms with van der Waals surface area (Å²) >= 11 is 0. The fourth-order valence-electron chi connectivity index (χ4n) is 1.98. The van der Waals surface area contributed by atoms with Crippen LogP contribution in [0.3, 0.4) is 0 Å². The molecule has 0 fully saturated rings. The molecule has 2 N–H and O–H groups in total. The number of carbonyl (C=O) groups excluding carboxylic acids is 2. The van der Waals surface area contributed by atoms with Crippen molar-refractivity contribution in [3.05, 3.63) is 75.8 Å². The van der Waals surface area contributed by atoms with Crippen LogP contribution in [0.2, 0.25) is 0 Å². The van der Waals surface area contributed by atoms with Gasteiger partial charge < -0.3 is 5.32 Å². The molecule has 0 bridgehead atoms. The Hall–Kier alpha value is -3.55. The summed E-state index contributed by atoms with van der Waals surface area (Å²) in [5, 5.41) is 16.8. The van der Waals surface area contributed by atoms with E-state index in [-0.39, 0.29) is 5.69 Å². The second-order valence-electron chi connectivity index (χ2n) is 5.04. The van der Waals surface area contributed by atoms with Crippen molar-refractivity contribution in [1.82, 2.24) is 10.7 Å². The van der Waals surface area contributed by atoms with Gasteiger partial charge in [-0.25, -0.2) is 5.43 Å². The predicted molar refractivity (Wildman–Crippen MR) is 92.0 cm³/mol. The highest BCUT2D eigenvalue weighted by Crippen LogP contribution is 2.11. The fraction of sp³-hybridized carbons (Fsp3) is 0.118. The summed E-state index contributed by atoms with van der Waals surface area (Å²) in [6.45, 7) is 0.324. The summed E-state index contributed by atoms with van der Waals surface area (Å²) in [5.74, 6) is -1.71. The van der Waals surface area contributed by atoms with Crippen LogP contribution in [-0.2, 0) is 16.0 Å². The Morgan fingerprint density at radius 2 is 1.84 bits per heavy atom. The third-order valence-electron chi connectivity index (χ3n) is 3.21. The smallest absolute Gasteiger partial charge is 0.329 e. The van der Waals surface area contributed by atoms with Gasteiger partial charge in [0.1, 0.15) is 0 Å². The predicted octanol–water partition coefficient (Wildman–Crippen LogP) is 1.40. The number of rotatable bonds is 6. The van der Waals surface area contributed by atoms with Crippen LogP contribution in [0, 0.1) is 10.1 Å². The molecule has 0 radical (unpaired) electrons. The molecule has 2 aromatic carbocycles. The molecule has 0 aromatic heterocycles. The van der Waals surface area contributed by atoms with Gasteiger partial charge in [0.2, 0.25) is 0 Å². The second-order valence-corrected chi connectivity index (χ2v) is 5.04. The zero-order valence-corrected chi connectivity index (χ0v) is 13.2. The first-order valence-corrected chi connectivity index (χ1v) is 7.46. The van der Waals surface area contributed by atoms with Crippen LogP contribution in [-0.4, -0.2) is 29.5 Å². The number of carbonyl (C=O) groups is 2. The van der Waals surface area contributed by atoms with Crippen molar-refractivity contribution in [3.63, 3.8) is 0 Å². The van der Waals surface area contributed by atoms with Gasteiger partial charge in [0.15, 0.2) is 0 Å². The number of hydrogen-bond donors (Lipinski definition) is 2. The number of nitro benzene ring substituents is 1. The molecule has 0 aliphatic heterocycles. The Labute approximate surface area is 143 Å². The Balaban J connectivity index is 1.78. The van der Waals surface area contributed by atoms with Crippen molar-refractivity contribution in [2.24, 2.45) is 5.10 Å². The van der Waals surface area contributed by atoms with Crippen molar-refractivity contribution < 1.29 is 14.5 Å². The highest BCUT2D eigenvalue weighted by atomic mass is 16.6. The van der Waals surface area contributed by atoms with Crippen LogP contribution in [0.15, 0.2) is 59.7 Å². The molecule has 2 amide bonds. The lowest BCUT2D eigenvalue weighted by Crippen LogP contribution is -2.38. The molecule has 0 atom stereocenters. The van der Waals surface area contributed by atoms with E-state index in [0.717, 1.165) is 5.56 Å². The van der Waals surface area contributed by atoms with Crippen LogP contribution in [0.4, 0.5) is 5.69 Å². The standard InChI is InChI=1S/C17H16N4O4/c22-16(18-10-9-13-5-2-1-3-6-13)17(23)20-19-12-14-7-4-8-15(11-14)21(24)25/h1-8,11-12H,9-10H2,(H,18,22)(H,20,23)/b19-12+. The Morgan fingerprint density at radius 1 is 1.08 bits per heavy atom. The van der Waals surface area contributed by atoms with Gasteiger partial charge in [0, 0.05) is 24.2 Å². The van der Waals surface area contributed by atoms with Gasteiger partial charge in [0.05, 0.1) is 11.1 Å². The zero-order chi connectivity index (χ0) is 18.1. The topological polar surface area (TPSA) is 114 Å². The number of nitrogens with one attached hydrogen (secondary N) is 2. The maximum Gasteiger partial charge on any atom is 0.329 e. The van der Waals surface area contributed by atoms with Crippen LogP contribution < -0.4 is 10.7 Å². The van der Waals surface area contributed by atoms with Crippen molar-refractivity contribution in [1.29, 1.82) is 0 Å². The van der Waals surface area contributed by atoms with E-state index in [0.29, 0.717) is 18.5 Å². The van der Waals surface area contributed by atoms with Crippen LogP contribution in [0.5, 0.6) is 0 Å². The molecule has 0 unspecified atom stereocenters. The minimum atomic E-state index is -0.908. The largest absolute Gasteiger partial charge is 0.347 e. The quantitative estimate of drug-likeness (QED) is 0.358. The number of amides is 2. The summed E-state index contributed by atoms with van der Waals surface area (Å²) in [6, 6.07) is 15.3. The Bertz CT molecular complexity index is 790. The fourth-order valence-corrected chi connectivity index (χ4v) is 1.98. The number of nitro groups is 1. The zero-order valence-electron chi connectivity index (χ0n) is 13.2. The molecule has 8 nitrogen and oxygen atoms in total. The molecule has 0 aliphatic carbocycles. The third-order valence-corrected chi connectivity index (χ3v) is 3.21. The average Bonchev–Trinajstić information content (AvgIpc) is 2.62. The maximum absolute atomic E-state index is 11.6. The number of hydrogen-bond acceptors (Lipinski definition) is 5. The number of benzene rings is 2. The molecule has 0 saturated carbocycles. The van der Waals surface area contributed by atoms with Gasteiger partial charge in [-0.1, -0.05) is 42.5 Å². The highest BCUT2D eigenvalue weighted by molar-refractivity contribution is 6.35. The Morgan fingerprint density at radius 3 is 2.56 bits per heavy atom. The third kappa shape index (κ3) is 5.87. The monoisotopic (exact) mass is 340 g/mol. The second kappa shape index (κ2) is 8.92. The SMILES string of the molecule is O=C(NCCc1ccccc1)C(=O)N/N=C/c1cccc([N+](=O)[O-])c1. The van der Waals surface area contributed by atoms with Gasteiger partial charge in [0.25, 0.3) is 5.69 Å². The first-order valence-electron chi connectivity index (χ1n) is 7.46. The van der Waals surface area contributed by atoms with E-state index in [1.54, 1.807) is 6.07 Å². The van der Waals surface area contributed by atoms with Gasteiger partial charge in [-0.3, -0.25) is 19.7 Å². The molecule has 25 heavy (non-hydrogen) atoms. The van der Waals surface area contributed by atoms with E-state index >= 15 is 0 Å². The minimum absolute atomic E-state index is 0.0890. The minimum Gasteiger partial charge on any atom is -0.347 e. The van der Waals surface area contributed by atoms with E-state index < -0.39 is 16.7 Å². The summed E-state index contributed by atoms with van der Waals surface area (Å²) in [6.07, 6.45) is 1.83. The molecule has 2 aromatic rings. The van der Waals surface area contributed by atoms with Gasteiger partial charge in [-0.15, -0.1) is 0 Å². The van der Waals surface area contributed by atoms with Crippen molar-refractivity contribution in [3.8, 4) is 0 Å². The maximum atomic E-state index is 11.6. The molecule has 0 saturated heterocycles. The molecule has 0 heterocycles. The molecule has 8 heteroatoms. The van der Waals surface area contributed by atoms with Crippen molar-refractivity contribution >= 4 is 23.7 Å². The molecular weight excluding hydrogens is 324 g/mol. The van der Waals surface area contributed by atoms with Crippen molar-refractivity contribution in [2.45, 2.75) is 6.42 Å². The summed E-state index contributed by atoms with van der Waals surface area (Å²) in [4.78, 5) is 33.4. The van der Waals surface area contributed by atoms with Crippen LogP contribution >= 0.6 is 0 Å². The molecule has 128 valence electrons. The van der Waals surface area contributed by atoms with Gasteiger partial charge in [-0.05, 0) is 12.0 Å². The molecular formula is C17H16N4O4. The lowest BCUT2D eigenvalue weighted by atomic mass is 10.1. The number of non-ortho nitro benzene ring substituents is 1. The van der Waals surface area contributed by atoms with Crippen molar-refractivity contribution in [2.75, 3.05) is 6.54 Å². The summed E-state index contributed by atoms with van der Waals surface area (Å²) in [5.41, 5.74) is 3.47. The number of hydrazone groups is 1. The first kappa shape index (κ1) is 17.8. The van der Waals surface area contributed by atoms with Gasteiger partial charge >= 0.3 is 11.8 Å². The van der Waals surface area contributed by atoms with E-state index in [1.807, 2.05) is 30.3 Å². The van der Waals surface area contributed by atoms with E-state index in [1.165, 1.54) is 24.4 Å². The summed E-state index contributed by atoms with van der Waals surface area (Å²) in [7, 11) is 0. The van der Waals surface area contributed by atoms with E-state index in [2.05, 4.69) is 15.8 Å². The Kier molecular flexibility index (Phi) is 6.35. The van der Waals surface area contributed by atoms with E-state index in [9.17, 15) is 19.7 Å². The lowest BCUT2D eigenvalue weighted by molar-refractivity contribution is -0.384. The van der Waals surface area contributed by atoms with Crippen LogP contribution in [0.25, 0.3) is 0 Å². The highest BCUT2D eigenvalue weighted by Gasteiger charge is 2.11. The van der Waals surface area contributed by atoms with Crippen LogP contribution in [0.1, 0.15) is 11.1 Å². The normalized spacial score (nSPS) is 10.4. The molecule has 0 aliphatic rings. The van der Waals surface area contributed by atoms with E-state index in [4.69, 9.17) is 0 Å².